The number of carbonyl (C=O) groups excluding carboxylic acids is 1. The molecule has 1 amide bonds. The van der Waals surface area contributed by atoms with Crippen molar-refractivity contribution in [3.8, 4) is 0 Å². The van der Waals surface area contributed by atoms with E-state index in [-0.39, 0.29) is 16.7 Å². The first kappa shape index (κ1) is 13.1. The molecule has 9 heteroatoms. The van der Waals surface area contributed by atoms with Crippen molar-refractivity contribution in [3.05, 3.63) is 28.2 Å². The zero-order chi connectivity index (χ0) is 14.0. The third kappa shape index (κ3) is 2.76. The summed E-state index contributed by atoms with van der Waals surface area (Å²) < 4.78 is 1.69. The van der Waals surface area contributed by atoms with Gasteiger partial charge in [-0.25, -0.2) is 9.78 Å². The number of nitrogens with zero attached hydrogens (tertiary/aromatic N) is 4. The van der Waals surface area contributed by atoms with Gasteiger partial charge in [0, 0.05) is 12.4 Å². The molecule has 2 rings (SSSR count). The Kier molecular flexibility index (Phi) is 3.56. The van der Waals surface area contributed by atoms with Crippen molar-refractivity contribution >= 4 is 23.2 Å². The van der Waals surface area contributed by atoms with Crippen LogP contribution >= 0.6 is 11.3 Å². The number of hydrogen-bond donors (Lipinski definition) is 2. The van der Waals surface area contributed by atoms with E-state index in [4.69, 9.17) is 5.11 Å². The van der Waals surface area contributed by atoms with Crippen LogP contribution in [0.5, 0.6) is 0 Å². The van der Waals surface area contributed by atoms with Crippen LogP contribution in [-0.2, 0) is 7.05 Å². The highest BCUT2D eigenvalue weighted by atomic mass is 32.1. The molecule has 2 aromatic heterocycles. The summed E-state index contributed by atoms with van der Waals surface area (Å²) in [5.41, 5.74) is -0.138. The van der Waals surface area contributed by atoms with Gasteiger partial charge in [-0.15, -0.1) is 21.5 Å². The van der Waals surface area contributed by atoms with E-state index in [1.54, 1.807) is 18.5 Å². The van der Waals surface area contributed by atoms with Crippen LogP contribution in [-0.4, -0.2) is 36.7 Å². The van der Waals surface area contributed by atoms with E-state index in [1.807, 2.05) is 0 Å². The Hall–Kier alpha value is -2.29. The lowest BCUT2D eigenvalue weighted by molar-refractivity contribution is 0.0691. The molecule has 0 saturated carbocycles. The van der Waals surface area contributed by atoms with Gasteiger partial charge < -0.3 is 15.0 Å². The molecule has 19 heavy (non-hydrogen) atoms. The van der Waals surface area contributed by atoms with Gasteiger partial charge >= 0.3 is 5.97 Å². The third-order valence-electron chi connectivity index (χ3n) is 2.40. The van der Waals surface area contributed by atoms with E-state index >= 15 is 0 Å². The summed E-state index contributed by atoms with van der Waals surface area (Å²) in [4.78, 5) is 26.3. The van der Waals surface area contributed by atoms with Crippen LogP contribution in [0.1, 0.15) is 39.1 Å². The Bertz CT molecular complexity index is 620. The summed E-state index contributed by atoms with van der Waals surface area (Å²) in [5, 5.41) is 20.5. The Labute approximate surface area is 112 Å². The smallest absolute Gasteiger partial charge is 0.355 e. The van der Waals surface area contributed by atoms with Gasteiger partial charge in [0.1, 0.15) is 6.33 Å². The maximum absolute atomic E-state index is 11.9. The molecule has 0 saturated heterocycles. The van der Waals surface area contributed by atoms with Crippen molar-refractivity contribution in [2.75, 3.05) is 0 Å². The number of carboxylic acids is 1. The Morgan fingerprint density at radius 2 is 2.26 bits per heavy atom. The monoisotopic (exact) mass is 281 g/mol. The zero-order valence-electron chi connectivity index (χ0n) is 10.2. The van der Waals surface area contributed by atoms with Crippen LogP contribution in [0.3, 0.4) is 0 Å². The standard InChI is InChI=1S/C10H11N5O3S/c1-5(7-14-11-4-15(7)2)12-8(16)9-13-6(3-19-9)10(17)18/h3-5H,1-2H3,(H,12,16)(H,17,18). The molecule has 100 valence electrons. The second kappa shape index (κ2) is 5.14. The molecule has 1 unspecified atom stereocenters. The van der Waals surface area contributed by atoms with E-state index in [9.17, 15) is 9.59 Å². The van der Waals surface area contributed by atoms with Gasteiger partial charge in [-0.1, -0.05) is 0 Å². The first-order valence-corrected chi connectivity index (χ1v) is 6.20. The number of carboxylic acid groups (broad SMARTS) is 1. The van der Waals surface area contributed by atoms with Crippen molar-refractivity contribution < 1.29 is 14.7 Å². The lowest BCUT2D eigenvalue weighted by Gasteiger charge is -2.11. The number of thiazole rings is 1. The van der Waals surface area contributed by atoms with Crippen LogP contribution in [0.15, 0.2) is 11.7 Å². The minimum Gasteiger partial charge on any atom is -0.476 e. The van der Waals surface area contributed by atoms with Gasteiger partial charge in [-0.05, 0) is 6.92 Å². The van der Waals surface area contributed by atoms with E-state index in [1.165, 1.54) is 11.7 Å². The van der Waals surface area contributed by atoms with Gasteiger partial charge in [0.2, 0.25) is 0 Å². The first-order chi connectivity index (χ1) is 8.99. The van der Waals surface area contributed by atoms with Crippen molar-refractivity contribution in [2.45, 2.75) is 13.0 Å². The summed E-state index contributed by atoms with van der Waals surface area (Å²) in [6.07, 6.45) is 1.53. The summed E-state index contributed by atoms with van der Waals surface area (Å²) in [6, 6.07) is -0.350. The van der Waals surface area contributed by atoms with Gasteiger partial charge in [-0.2, -0.15) is 0 Å². The van der Waals surface area contributed by atoms with E-state index in [2.05, 4.69) is 20.5 Å². The summed E-state index contributed by atoms with van der Waals surface area (Å²) in [6.45, 7) is 1.76. The van der Waals surface area contributed by atoms with E-state index in [0.717, 1.165) is 11.3 Å². The molecule has 1 atom stereocenters. The average molecular weight is 281 g/mol. The van der Waals surface area contributed by atoms with Crippen molar-refractivity contribution in [3.63, 3.8) is 0 Å². The number of nitrogens with one attached hydrogen (secondary N) is 1. The normalized spacial score (nSPS) is 12.1. The van der Waals surface area contributed by atoms with E-state index < -0.39 is 11.9 Å². The number of amides is 1. The molecular formula is C10H11N5O3S. The zero-order valence-corrected chi connectivity index (χ0v) is 11.0. The molecule has 0 aliphatic carbocycles. The largest absolute Gasteiger partial charge is 0.476 e. The van der Waals surface area contributed by atoms with Crippen molar-refractivity contribution in [2.24, 2.45) is 7.05 Å². The molecule has 0 aliphatic rings. The van der Waals surface area contributed by atoms with Crippen LogP contribution < -0.4 is 5.32 Å². The summed E-state index contributed by atoms with van der Waals surface area (Å²) in [7, 11) is 1.77. The molecule has 0 spiro atoms. The number of aryl methyl sites for hydroxylation is 1. The topological polar surface area (TPSA) is 110 Å². The summed E-state index contributed by atoms with van der Waals surface area (Å²) >= 11 is 0.983. The lowest BCUT2D eigenvalue weighted by Crippen LogP contribution is -2.28. The second-order valence-electron chi connectivity index (χ2n) is 3.84. The Balaban J connectivity index is 2.08. The van der Waals surface area contributed by atoms with Gasteiger partial charge in [0.15, 0.2) is 16.5 Å². The Morgan fingerprint density at radius 1 is 1.53 bits per heavy atom. The van der Waals surface area contributed by atoms with Crippen molar-refractivity contribution in [1.29, 1.82) is 0 Å². The fourth-order valence-corrected chi connectivity index (χ4v) is 2.18. The van der Waals surface area contributed by atoms with Gasteiger partial charge in [0.05, 0.1) is 6.04 Å². The molecule has 2 aromatic rings. The molecule has 0 aliphatic heterocycles. The average Bonchev–Trinajstić information content (AvgIpc) is 2.96. The second-order valence-corrected chi connectivity index (χ2v) is 4.70. The summed E-state index contributed by atoms with van der Waals surface area (Å²) in [5.74, 6) is -0.993. The van der Waals surface area contributed by atoms with Crippen LogP contribution in [0, 0.1) is 0 Å². The minimum absolute atomic E-state index is 0.103. The molecule has 2 heterocycles. The minimum atomic E-state index is -1.16. The highest BCUT2D eigenvalue weighted by molar-refractivity contribution is 7.11. The van der Waals surface area contributed by atoms with Gasteiger partial charge in [-0.3, -0.25) is 4.79 Å². The highest BCUT2D eigenvalue weighted by Crippen LogP contribution is 2.13. The Morgan fingerprint density at radius 3 is 2.79 bits per heavy atom. The van der Waals surface area contributed by atoms with Crippen molar-refractivity contribution in [1.82, 2.24) is 25.1 Å². The van der Waals surface area contributed by atoms with Crippen LogP contribution in [0.25, 0.3) is 0 Å². The quantitative estimate of drug-likeness (QED) is 0.842. The molecule has 0 aromatic carbocycles. The molecular weight excluding hydrogens is 270 g/mol. The first-order valence-electron chi connectivity index (χ1n) is 5.32. The number of hydrogen-bond acceptors (Lipinski definition) is 6. The predicted molar refractivity (Wildman–Crippen MR) is 66.0 cm³/mol. The molecule has 8 nitrogen and oxygen atoms in total. The molecule has 0 radical (unpaired) electrons. The van der Waals surface area contributed by atoms with Crippen LogP contribution in [0.4, 0.5) is 0 Å². The molecule has 0 bridgehead atoms. The SMILES string of the molecule is CC(NC(=O)c1nc(C(=O)O)cs1)c1nncn1C. The maximum Gasteiger partial charge on any atom is 0.355 e. The third-order valence-corrected chi connectivity index (χ3v) is 3.24. The highest BCUT2D eigenvalue weighted by Gasteiger charge is 2.19. The fourth-order valence-electron chi connectivity index (χ4n) is 1.48. The van der Waals surface area contributed by atoms with Gasteiger partial charge in [0.25, 0.3) is 5.91 Å². The molecule has 2 N–H and O–H groups in total. The maximum atomic E-state index is 11.9. The lowest BCUT2D eigenvalue weighted by atomic mass is 10.3. The number of carbonyl (C=O) groups is 2. The number of aromatic carboxylic acids is 1. The van der Waals surface area contributed by atoms with E-state index in [0.29, 0.717) is 5.82 Å². The molecule has 0 fully saturated rings. The van der Waals surface area contributed by atoms with Crippen LogP contribution in [0.2, 0.25) is 0 Å². The fraction of sp³-hybridized carbons (Fsp3) is 0.300. The number of aromatic nitrogens is 4. The predicted octanol–water partition coefficient (Wildman–Crippen LogP) is 0.461. The number of rotatable bonds is 4.